The number of carbonyl (C=O) groups is 1. The van der Waals surface area contributed by atoms with Gasteiger partial charge in [0.05, 0.1) is 7.11 Å². The predicted octanol–water partition coefficient (Wildman–Crippen LogP) is 3.84. The summed E-state index contributed by atoms with van der Waals surface area (Å²) in [6.45, 7) is 4.02. The number of carbonyl (C=O) groups excluding carboxylic acids is 1. The number of methoxy groups -OCH3 is 1. The lowest BCUT2D eigenvalue weighted by atomic mass is 9.95. The molecule has 0 atom stereocenters. The number of benzene rings is 2. The highest BCUT2D eigenvalue weighted by atomic mass is 16.5. The van der Waals surface area contributed by atoms with Crippen LogP contribution in [0, 0.1) is 0 Å². The zero-order valence-electron chi connectivity index (χ0n) is 13.2. The summed E-state index contributed by atoms with van der Waals surface area (Å²) in [4.78, 5) is 12.1. The van der Waals surface area contributed by atoms with E-state index in [1.165, 1.54) is 5.56 Å². The van der Waals surface area contributed by atoms with Gasteiger partial charge in [0.1, 0.15) is 5.75 Å². The van der Waals surface area contributed by atoms with Crippen LogP contribution in [0.25, 0.3) is 0 Å². The van der Waals surface area contributed by atoms with Crippen molar-refractivity contribution in [3.8, 4) is 5.75 Å². The Kier molecular flexibility index (Phi) is 5.04. The van der Waals surface area contributed by atoms with Crippen molar-refractivity contribution in [1.82, 2.24) is 5.32 Å². The molecule has 0 heterocycles. The van der Waals surface area contributed by atoms with Gasteiger partial charge >= 0.3 is 6.03 Å². The zero-order valence-corrected chi connectivity index (χ0v) is 13.2. The fourth-order valence-electron chi connectivity index (χ4n) is 2.29. The SMILES string of the molecule is COc1ccc(NC(=O)NC(C)(C)Cc2ccccc2)cc1. The smallest absolute Gasteiger partial charge is 0.319 e. The second-order valence-electron chi connectivity index (χ2n) is 5.85. The summed E-state index contributed by atoms with van der Waals surface area (Å²) in [5.41, 5.74) is 1.59. The molecule has 0 spiro atoms. The lowest BCUT2D eigenvalue weighted by molar-refractivity contribution is 0.241. The quantitative estimate of drug-likeness (QED) is 0.881. The molecule has 0 fully saturated rings. The predicted molar refractivity (Wildman–Crippen MR) is 89.4 cm³/mol. The van der Waals surface area contributed by atoms with Crippen molar-refractivity contribution >= 4 is 11.7 Å². The second-order valence-corrected chi connectivity index (χ2v) is 5.85. The number of nitrogens with one attached hydrogen (secondary N) is 2. The van der Waals surface area contributed by atoms with Crippen molar-refractivity contribution < 1.29 is 9.53 Å². The highest BCUT2D eigenvalue weighted by Crippen LogP contribution is 2.16. The summed E-state index contributed by atoms with van der Waals surface area (Å²) < 4.78 is 5.09. The van der Waals surface area contributed by atoms with Gasteiger partial charge in [-0.15, -0.1) is 0 Å². The van der Waals surface area contributed by atoms with Crippen LogP contribution >= 0.6 is 0 Å². The molecule has 0 aliphatic heterocycles. The third-order valence-electron chi connectivity index (χ3n) is 3.29. The number of hydrogen-bond acceptors (Lipinski definition) is 2. The second kappa shape index (κ2) is 6.98. The number of amides is 2. The van der Waals surface area contributed by atoms with E-state index in [1.807, 2.05) is 56.3 Å². The van der Waals surface area contributed by atoms with Gasteiger partial charge in [-0.25, -0.2) is 4.79 Å². The van der Waals surface area contributed by atoms with Crippen molar-refractivity contribution in [2.45, 2.75) is 25.8 Å². The van der Waals surface area contributed by atoms with Crippen molar-refractivity contribution in [2.24, 2.45) is 0 Å². The van der Waals surface area contributed by atoms with Crippen molar-refractivity contribution in [1.29, 1.82) is 0 Å². The van der Waals surface area contributed by atoms with E-state index in [1.54, 1.807) is 7.11 Å². The molecule has 0 radical (unpaired) electrons. The number of urea groups is 1. The van der Waals surface area contributed by atoms with Crippen molar-refractivity contribution in [2.75, 3.05) is 12.4 Å². The van der Waals surface area contributed by atoms with Crippen molar-refractivity contribution in [3.05, 3.63) is 60.2 Å². The maximum Gasteiger partial charge on any atom is 0.319 e. The molecule has 0 aromatic heterocycles. The first-order valence-corrected chi connectivity index (χ1v) is 7.26. The van der Waals surface area contributed by atoms with Gasteiger partial charge in [0.25, 0.3) is 0 Å². The van der Waals surface area contributed by atoms with Crippen LogP contribution in [0.15, 0.2) is 54.6 Å². The largest absolute Gasteiger partial charge is 0.497 e. The molecule has 0 unspecified atom stereocenters. The van der Waals surface area contributed by atoms with E-state index in [4.69, 9.17) is 4.74 Å². The monoisotopic (exact) mass is 298 g/mol. The van der Waals surface area contributed by atoms with Crippen LogP contribution in [0.1, 0.15) is 19.4 Å². The van der Waals surface area contributed by atoms with E-state index in [2.05, 4.69) is 22.8 Å². The highest BCUT2D eigenvalue weighted by molar-refractivity contribution is 5.89. The summed E-state index contributed by atoms with van der Waals surface area (Å²) in [5.74, 6) is 0.760. The van der Waals surface area contributed by atoms with Gasteiger partial charge in [-0.05, 0) is 50.1 Å². The summed E-state index contributed by atoms with van der Waals surface area (Å²) in [6.07, 6.45) is 0.768. The number of rotatable bonds is 5. The van der Waals surface area contributed by atoms with Crippen LogP contribution in [0.2, 0.25) is 0 Å². The maximum atomic E-state index is 12.1. The average molecular weight is 298 g/mol. The van der Waals surface area contributed by atoms with Gasteiger partial charge in [-0.1, -0.05) is 30.3 Å². The van der Waals surface area contributed by atoms with Gasteiger partial charge in [0.2, 0.25) is 0 Å². The molecule has 4 heteroatoms. The van der Waals surface area contributed by atoms with Crippen LogP contribution in [0.3, 0.4) is 0 Å². The van der Waals surface area contributed by atoms with Gasteiger partial charge in [-0.3, -0.25) is 0 Å². The third kappa shape index (κ3) is 4.81. The normalized spacial score (nSPS) is 10.9. The average Bonchev–Trinajstić information content (AvgIpc) is 2.47. The minimum absolute atomic E-state index is 0.217. The Morgan fingerprint density at radius 3 is 2.27 bits per heavy atom. The Morgan fingerprint density at radius 2 is 1.68 bits per heavy atom. The molecule has 2 N–H and O–H groups in total. The van der Waals surface area contributed by atoms with Crippen LogP contribution in [0.4, 0.5) is 10.5 Å². The van der Waals surface area contributed by atoms with E-state index in [0.717, 1.165) is 17.9 Å². The lowest BCUT2D eigenvalue weighted by Gasteiger charge is -2.26. The lowest BCUT2D eigenvalue weighted by Crippen LogP contribution is -2.47. The van der Waals surface area contributed by atoms with E-state index in [-0.39, 0.29) is 11.6 Å². The van der Waals surface area contributed by atoms with Gasteiger partial charge in [0.15, 0.2) is 0 Å². The first-order valence-electron chi connectivity index (χ1n) is 7.26. The number of hydrogen-bond donors (Lipinski definition) is 2. The minimum atomic E-state index is -0.335. The molecule has 116 valence electrons. The molecule has 2 aromatic rings. The van der Waals surface area contributed by atoms with E-state index in [9.17, 15) is 4.79 Å². The number of anilines is 1. The topological polar surface area (TPSA) is 50.4 Å². The molecule has 22 heavy (non-hydrogen) atoms. The Morgan fingerprint density at radius 1 is 1.05 bits per heavy atom. The van der Waals surface area contributed by atoms with Gasteiger partial charge in [-0.2, -0.15) is 0 Å². The molecule has 2 rings (SSSR count). The molecule has 2 amide bonds. The van der Waals surface area contributed by atoms with Crippen LogP contribution in [-0.4, -0.2) is 18.7 Å². The summed E-state index contributed by atoms with van der Waals surface area (Å²) in [6, 6.07) is 17.1. The molecule has 0 saturated heterocycles. The van der Waals surface area contributed by atoms with Crippen LogP contribution in [0.5, 0.6) is 5.75 Å². The number of ether oxygens (including phenoxy) is 1. The van der Waals surface area contributed by atoms with Crippen LogP contribution < -0.4 is 15.4 Å². The molecule has 0 aliphatic carbocycles. The Bertz CT molecular complexity index is 607. The highest BCUT2D eigenvalue weighted by Gasteiger charge is 2.20. The first kappa shape index (κ1) is 15.9. The van der Waals surface area contributed by atoms with Gasteiger partial charge < -0.3 is 15.4 Å². The molecule has 0 bridgehead atoms. The summed E-state index contributed by atoms with van der Waals surface area (Å²) >= 11 is 0. The standard InChI is InChI=1S/C18H22N2O2/c1-18(2,13-14-7-5-4-6-8-14)20-17(21)19-15-9-11-16(22-3)12-10-15/h4-12H,13H2,1-3H3,(H2,19,20,21). The molecule has 4 nitrogen and oxygen atoms in total. The fourth-order valence-corrected chi connectivity index (χ4v) is 2.29. The molecular weight excluding hydrogens is 276 g/mol. The summed E-state index contributed by atoms with van der Waals surface area (Å²) in [5, 5.41) is 5.83. The molecular formula is C18H22N2O2. The third-order valence-corrected chi connectivity index (χ3v) is 3.29. The Labute approximate surface area is 131 Å². The minimum Gasteiger partial charge on any atom is -0.497 e. The maximum absolute atomic E-state index is 12.1. The van der Waals surface area contributed by atoms with E-state index in [0.29, 0.717) is 0 Å². The van der Waals surface area contributed by atoms with E-state index < -0.39 is 0 Å². The van der Waals surface area contributed by atoms with E-state index >= 15 is 0 Å². The van der Waals surface area contributed by atoms with Gasteiger partial charge in [0, 0.05) is 11.2 Å². The Hall–Kier alpha value is -2.49. The fraction of sp³-hybridized carbons (Fsp3) is 0.278. The first-order chi connectivity index (χ1) is 10.5. The summed E-state index contributed by atoms with van der Waals surface area (Å²) in [7, 11) is 1.61. The molecule has 2 aromatic carbocycles. The molecule has 0 saturated carbocycles. The molecule has 0 aliphatic rings. The zero-order chi connectivity index (χ0) is 16.0. The van der Waals surface area contributed by atoms with Crippen LogP contribution in [-0.2, 0) is 6.42 Å². The van der Waals surface area contributed by atoms with Crippen molar-refractivity contribution in [3.63, 3.8) is 0 Å². The Balaban J connectivity index is 1.92.